The van der Waals surface area contributed by atoms with E-state index in [1.165, 1.54) is 18.0 Å². The molecule has 126 valence electrons. The van der Waals surface area contributed by atoms with Crippen LogP contribution in [0, 0.1) is 10.1 Å². The molecule has 0 saturated heterocycles. The van der Waals surface area contributed by atoms with Crippen molar-refractivity contribution < 1.29 is 4.92 Å². The average Bonchev–Trinajstić information content (AvgIpc) is 3.41. The van der Waals surface area contributed by atoms with Crippen LogP contribution in [0.1, 0.15) is 18.4 Å². The van der Waals surface area contributed by atoms with Crippen molar-refractivity contribution in [2.75, 3.05) is 11.9 Å². The summed E-state index contributed by atoms with van der Waals surface area (Å²) in [6, 6.07) is 13.0. The van der Waals surface area contributed by atoms with Crippen LogP contribution < -0.4 is 10.9 Å². The molecule has 1 aromatic heterocycles. The average molecular weight is 336 g/mol. The zero-order chi connectivity index (χ0) is 17.4. The summed E-state index contributed by atoms with van der Waals surface area (Å²) in [5.74, 6) is 0. The van der Waals surface area contributed by atoms with Crippen molar-refractivity contribution in [3.05, 3.63) is 74.8 Å². The lowest BCUT2D eigenvalue weighted by molar-refractivity contribution is -0.383. The van der Waals surface area contributed by atoms with Crippen molar-refractivity contribution in [1.29, 1.82) is 0 Å². The number of nitrogens with one attached hydrogen (secondary N) is 2. The molecule has 25 heavy (non-hydrogen) atoms. The van der Waals surface area contributed by atoms with Gasteiger partial charge in [-0.15, -0.1) is 0 Å². The Kier molecular flexibility index (Phi) is 3.49. The van der Waals surface area contributed by atoms with Gasteiger partial charge in [-0.05, 0) is 24.5 Å². The lowest BCUT2D eigenvalue weighted by Gasteiger charge is -2.17. The monoisotopic (exact) mass is 336 g/mol. The van der Waals surface area contributed by atoms with Crippen molar-refractivity contribution in [1.82, 2.24) is 9.97 Å². The lowest BCUT2D eigenvalue weighted by atomic mass is 9.96. The third-order valence-corrected chi connectivity index (χ3v) is 4.81. The van der Waals surface area contributed by atoms with Gasteiger partial charge < -0.3 is 10.3 Å². The highest BCUT2D eigenvalue weighted by atomic mass is 16.6. The maximum atomic E-state index is 11.8. The number of aromatic nitrogens is 2. The van der Waals surface area contributed by atoms with Gasteiger partial charge in [0.1, 0.15) is 5.69 Å². The van der Waals surface area contributed by atoms with E-state index in [9.17, 15) is 14.9 Å². The number of aromatic amines is 1. The maximum absolute atomic E-state index is 11.8. The lowest BCUT2D eigenvalue weighted by Crippen LogP contribution is -2.20. The molecule has 0 spiro atoms. The van der Waals surface area contributed by atoms with Crippen molar-refractivity contribution >= 4 is 22.3 Å². The highest BCUT2D eigenvalue weighted by Crippen LogP contribution is 2.48. The first-order valence-electron chi connectivity index (χ1n) is 8.04. The Morgan fingerprint density at radius 3 is 2.68 bits per heavy atom. The Balaban J connectivity index is 1.68. The molecule has 0 bridgehead atoms. The highest BCUT2D eigenvalue weighted by Gasteiger charge is 2.44. The number of benzene rings is 2. The molecule has 7 heteroatoms. The molecule has 3 aromatic rings. The van der Waals surface area contributed by atoms with Gasteiger partial charge in [0.25, 0.3) is 11.2 Å². The van der Waals surface area contributed by atoms with E-state index in [1.54, 1.807) is 6.07 Å². The SMILES string of the molecule is O=c1[nH]cnc2cc(NCC3(c4ccccc4)CC3)c([N+](=O)[O-])cc12. The van der Waals surface area contributed by atoms with Crippen molar-refractivity contribution in [2.24, 2.45) is 0 Å². The molecule has 0 unspecified atom stereocenters. The summed E-state index contributed by atoms with van der Waals surface area (Å²) in [4.78, 5) is 29.3. The summed E-state index contributed by atoms with van der Waals surface area (Å²) >= 11 is 0. The van der Waals surface area contributed by atoms with Gasteiger partial charge in [0.05, 0.1) is 22.2 Å². The fourth-order valence-electron chi connectivity index (χ4n) is 3.17. The fourth-order valence-corrected chi connectivity index (χ4v) is 3.17. The van der Waals surface area contributed by atoms with Crippen LogP contribution in [0.5, 0.6) is 0 Å². The summed E-state index contributed by atoms with van der Waals surface area (Å²) < 4.78 is 0. The Labute approximate surface area is 142 Å². The first-order chi connectivity index (χ1) is 12.1. The van der Waals surface area contributed by atoms with Gasteiger partial charge in [0, 0.05) is 18.0 Å². The number of anilines is 1. The molecule has 7 nitrogen and oxygen atoms in total. The molecule has 0 amide bonds. The van der Waals surface area contributed by atoms with Gasteiger partial charge in [-0.2, -0.15) is 0 Å². The second-order valence-electron chi connectivity index (χ2n) is 6.38. The van der Waals surface area contributed by atoms with Crippen molar-refractivity contribution in [2.45, 2.75) is 18.3 Å². The summed E-state index contributed by atoms with van der Waals surface area (Å²) in [7, 11) is 0. The van der Waals surface area contributed by atoms with Crippen LogP contribution in [-0.4, -0.2) is 21.4 Å². The summed E-state index contributed by atoms with van der Waals surface area (Å²) in [5, 5.41) is 14.8. The van der Waals surface area contributed by atoms with Gasteiger partial charge in [0.15, 0.2) is 0 Å². The standard InChI is InChI=1S/C18H16N4O3/c23-17-13-8-16(22(24)25)15(9-14(13)20-11-21-17)19-10-18(6-7-18)12-4-2-1-3-5-12/h1-5,8-9,11,19H,6-7,10H2,(H,20,21,23). The number of H-pyrrole nitrogens is 1. The minimum absolute atomic E-state index is 0.0195. The Morgan fingerprint density at radius 2 is 2.00 bits per heavy atom. The topological polar surface area (TPSA) is 101 Å². The molecule has 1 heterocycles. The smallest absolute Gasteiger partial charge is 0.293 e. The van der Waals surface area contributed by atoms with Crippen LogP contribution in [-0.2, 0) is 5.41 Å². The van der Waals surface area contributed by atoms with E-state index in [-0.39, 0.29) is 22.0 Å². The number of nitrogens with zero attached hydrogens (tertiary/aromatic N) is 2. The number of nitro benzene ring substituents is 1. The molecular weight excluding hydrogens is 320 g/mol. The van der Waals surface area contributed by atoms with Crippen LogP contribution in [0.25, 0.3) is 10.9 Å². The van der Waals surface area contributed by atoms with E-state index in [4.69, 9.17) is 0 Å². The van der Waals surface area contributed by atoms with E-state index in [1.807, 2.05) is 18.2 Å². The van der Waals surface area contributed by atoms with Crippen LogP contribution in [0.2, 0.25) is 0 Å². The molecule has 1 aliphatic carbocycles. The van der Waals surface area contributed by atoms with Crippen LogP contribution in [0.15, 0.2) is 53.6 Å². The normalized spacial score (nSPS) is 15.0. The van der Waals surface area contributed by atoms with Crippen LogP contribution in [0.4, 0.5) is 11.4 Å². The van der Waals surface area contributed by atoms with E-state index < -0.39 is 4.92 Å². The minimum Gasteiger partial charge on any atom is -0.379 e. The molecule has 1 saturated carbocycles. The van der Waals surface area contributed by atoms with Gasteiger partial charge >= 0.3 is 0 Å². The van der Waals surface area contributed by atoms with Gasteiger partial charge in [-0.3, -0.25) is 14.9 Å². The third-order valence-electron chi connectivity index (χ3n) is 4.81. The van der Waals surface area contributed by atoms with Crippen molar-refractivity contribution in [3.63, 3.8) is 0 Å². The molecule has 2 aromatic carbocycles. The molecule has 0 atom stereocenters. The Bertz CT molecular complexity index is 1010. The Morgan fingerprint density at radius 1 is 1.24 bits per heavy atom. The number of nitro groups is 1. The van der Waals surface area contributed by atoms with E-state index >= 15 is 0 Å². The highest BCUT2D eigenvalue weighted by molar-refractivity contribution is 5.86. The third kappa shape index (κ3) is 2.73. The van der Waals surface area contributed by atoms with E-state index in [2.05, 4.69) is 27.4 Å². The molecule has 1 fully saturated rings. The van der Waals surface area contributed by atoms with Gasteiger partial charge in [-0.25, -0.2) is 4.98 Å². The maximum Gasteiger partial charge on any atom is 0.293 e. The molecule has 0 aliphatic heterocycles. The molecule has 0 radical (unpaired) electrons. The number of fused-ring (bicyclic) bond motifs is 1. The second-order valence-corrected chi connectivity index (χ2v) is 6.38. The fraction of sp³-hybridized carbons (Fsp3) is 0.222. The second kappa shape index (κ2) is 5.70. The van der Waals surface area contributed by atoms with Crippen molar-refractivity contribution in [3.8, 4) is 0 Å². The first-order valence-corrected chi connectivity index (χ1v) is 8.04. The molecule has 1 aliphatic rings. The zero-order valence-electron chi connectivity index (χ0n) is 13.4. The summed E-state index contributed by atoms with van der Waals surface area (Å²) in [6.07, 6.45) is 3.39. The van der Waals surface area contributed by atoms with Gasteiger partial charge in [0.2, 0.25) is 0 Å². The predicted octanol–water partition coefficient (Wildman–Crippen LogP) is 2.98. The minimum atomic E-state index is -0.476. The zero-order valence-corrected chi connectivity index (χ0v) is 13.4. The summed E-state index contributed by atoms with van der Waals surface area (Å²) in [6.45, 7) is 0.604. The quantitative estimate of drug-likeness (QED) is 0.551. The van der Waals surface area contributed by atoms with Crippen LogP contribution in [0.3, 0.4) is 0 Å². The predicted molar refractivity (Wildman–Crippen MR) is 94.9 cm³/mol. The number of rotatable bonds is 5. The summed E-state index contributed by atoms with van der Waals surface area (Å²) in [5.41, 5.74) is 1.57. The van der Waals surface area contributed by atoms with Crippen LogP contribution >= 0.6 is 0 Å². The molecule has 2 N–H and O–H groups in total. The number of hydrogen-bond donors (Lipinski definition) is 2. The largest absolute Gasteiger partial charge is 0.379 e. The first kappa shape index (κ1) is 15.3. The van der Waals surface area contributed by atoms with Gasteiger partial charge in [-0.1, -0.05) is 30.3 Å². The molecule has 4 rings (SSSR count). The Hall–Kier alpha value is -3.22. The van der Waals surface area contributed by atoms with E-state index in [0.29, 0.717) is 17.7 Å². The van der Waals surface area contributed by atoms with E-state index in [0.717, 1.165) is 12.8 Å². The molecular formula is C18H16N4O3. The number of hydrogen-bond acceptors (Lipinski definition) is 5.